The highest BCUT2D eigenvalue weighted by Crippen LogP contribution is 2.37. The fourth-order valence-corrected chi connectivity index (χ4v) is 1.19. The molecule has 0 aliphatic carbocycles. The van der Waals surface area contributed by atoms with Crippen LogP contribution in [0.2, 0.25) is 0 Å². The summed E-state index contributed by atoms with van der Waals surface area (Å²) in [6.45, 7) is -0.194. The zero-order valence-corrected chi connectivity index (χ0v) is 7.67. The first-order chi connectivity index (χ1) is 6.71. The number of ether oxygens (including phenoxy) is 1. The van der Waals surface area contributed by atoms with Crippen LogP contribution in [0.3, 0.4) is 0 Å². The summed E-state index contributed by atoms with van der Waals surface area (Å²) < 4.78 is 41.9. The van der Waals surface area contributed by atoms with E-state index in [9.17, 15) is 22.8 Å². The molecule has 5 nitrogen and oxygen atoms in total. The van der Waals surface area contributed by atoms with Crippen LogP contribution < -0.4 is 0 Å². The average Bonchev–Trinajstić information content (AvgIpc) is 2.47. The molecule has 0 aromatic heterocycles. The lowest BCUT2D eigenvalue weighted by atomic mass is 10.00. The minimum atomic E-state index is -5.05. The van der Waals surface area contributed by atoms with E-state index in [2.05, 4.69) is 4.74 Å². The monoisotopic (exact) mass is 227 g/mol. The summed E-state index contributed by atoms with van der Waals surface area (Å²) in [5, 5.41) is 8.58. The van der Waals surface area contributed by atoms with Crippen molar-refractivity contribution >= 4 is 12.1 Å². The Hall–Kier alpha value is -1.47. The van der Waals surface area contributed by atoms with Gasteiger partial charge in [-0.2, -0.15) is 13.2 Å². The molecule has 0 saturated carbocycles. The van der Waals surface area contributed by atoms with Crippen LogP contribution in [0.25, 0.3) is 0 Å². The van der Waals surface area contributed by atoms with Crippen molar-refractivity contribution in [2.24, 2.45) is 0 Å². The Morgan fingerprint density at radius 3 is 2.33 bits per heavy atom. The Bertz CT molecular complexity index is 303. The molecule has 1 heterocycles. The van der Waals surface area contributed by atoms with E-state index in [-0.39, 0.29) is 18.1 Å². The van der Waals surface area contributed by atoms with Gasteiger partial charge in [0.1, 0.15) is 6.61 Å². The second-order valence-electron chi connectivity index (χ2n) is 3.14. The van der Waals surface area contributed by atoms with Gasteiger partial charge in [-0.3, -0.25) is 4.90 Å². The second-order valence-corrected chi connectivity index (χ2v) is 3.14. The maximum Gasteiger partial charge on any atom is 0.422 e. The Labute approximate surface area is 82.4 Å². The molecule has 1 unspecified atom stereocenters. The van der Waals surface area contributed by atoms with Crippen LogP contribution in [-0.2, 0) is 9.53 Å². The number of halogens is 3. The number of cyclic esters (lactones) is 1. The van der Waals surface area contributed by atoms with Crippen molar-refractivity contribution in [3.05, 3.63) is 0 Å². The Morgan fingerprint density at radius 2 is 2.07 bits per heavy atom. The lowest BCUT2D eigenvalue weighted by Gasteiger charge is -2.34. The van der Waals surface area contributed by atoms with E-state index < -0.39 is 23.8 Å². The highest BCUT2D eigenvalue weighted by Gasteiger charge is 2.63. The number of alkyl halides is 3. The molecule has 1 rings (SSSR count). The number of aliphatic carboxylic acids is 1. The summed E-state index contributed by atoms with van der Waals surface area (Å²) in [7, 11) is 0. The second kappa shape index (κ2) is 3.28. The largest absolute Gasteiger partial charge is 0.479 e. The molecule has 86 valence electrons. The number of carbonyl (C=O) groups excluding carboxylic acids is 1. The van der Waals surface area contributed by atoms with E-state index >= 15 is 0 Å². The minimum Gasteiger partial charge on any atom is -0.479 e. The molecular formula is C7H8F3NO4. The SMILES string of the molecule is CC(C(=O)O)(N1CCOC1=O)C(F)(F)F. The van der Waals surface area contributed by atoms with Crippen molar-refractivity contribution in [2.45, 2.75) is 18.6 Å². The van der Waals surface area contributed by atoms with Gasteiger partial charge in [0.05, 0.1) is 6.54 Å². The fraction of sp³-hybridized carbons (Fsp3) is 0.714. The van der Waals surface area contributed by atoms with Gasteiger partial charge in [-0.25, -0.2) is 9.59 Å². The van der Waals surface area contributed by atoms with Crippen LogP contribution in [0.15, 0.2) is 0 Å². The molecule has 0 aromatic rings. The number of carboxylic acids is 1. The number of hydrogen-bond donors (Lipinski definition) is 1. The predicted molar refractivity (Wildman–Crippen MR) is 40.1 cm³/mol. The van der Waals surface area contributed by atoms with Crippen molar-refractivity contribution < 1.29 is 32.6 Å². The molecule has 15 heavy (non-hydrogen) atoms. The number of rotatable bonds is 2. The van der Waals surface area contributed by atoms with Crippen molar-refractivity contribution in [1.29, 1.82) is 0 Å². The number of carbonyl (C=O) groups is 2. The number of amides is 1. The average molecular weight is 227 g/mol. The Morgan fingerprint density at radius 1 is 1.53 bits per heavy atom. The first kappa shape index (κ1) is 11.6. The van der Waals surface area contributed by atoms with Crippen LogP contribution in [0.4, 0.5) is 18.0 Å². The molecule has 0 radical (unpaired) electrons. The fourth-order valence-electron chi connectivity index (χ4n) is 1.19. The van der Waals surface area contributed by atoms with E-state index in [1.54, 1.807) is 0 Å². The zero-order valence-electron chi connectivity index (χ0n) is 7.67. The normalized spacial score (nSPS) is 21.1. The van der Waals surface area contributed by atoms with Gasteiger partial charge < -0.3 is 9.84 Å². The zero-order chi connectivity index (χ0) is 11.9. The molecule has 0 bridgehead atoms. The van der Waals surface area contributed by atoms with Crippen molar-refractivity contribution in [3.63, 3.8) is 0 Å². The van der Waals surface area contributed by atoms with Gasteiger partial charge in [-0.15, -0.1) is 0 Å². The summed E-state index contributed by atoms with van der Waals surface area (Å²) in [5.74, 6) is -2.13. The number of carboxylic acid groups (broad SMARTS) is 1. The molecule has 1 aliphatic heterocycles. The van der Waals surface area contributed by atoms with Crippen LogP contribution >= 0.6 is 0 Å². The first-order valence-corrected chi connectivity index (χ1v) is 3.96. The van der Waals surface area contributed by atoms with Crippen LogP contribution in [0, 0.1) is 0 Å². The molecule has 0 spiro atoms. The van der Waals surface area contributed by atoms with Gasteiger partial charge in [0.15, 0.2) is 0 Å². The molecule has 8 heteroatoms. The molecular weight excluding hydrogens is 219 g/mol. The summed E-state index contributed by atoms with van der Waals surface area (Å²) in [6, 6.07) is 0. The molecule has 1 atom stereocenters. The molecule has 1 amide bonds. The number of nitrogens with zero attached hydrogens (tertiary/aromatic N) is 1. The van der Waals surface area contributed by atoms with Crippen LogP contribution in [-0.4, -0.2) is 46.9 Å². The van der Waals surface area contributed by atoms with E-state index in [1.165, 1.54) is 0 Å². The maximum absolute atomic E-state index is 12.5. The van der Waals surface area contributed by atoms with Gasteiger partial charge in [0.25, 0.3) is 0 Å². The van der Waals surface area contributed by atoms with E-state index in [0.29, 0.717) is 6.92 Å². The quantitative estimate of drug-likeness (QED) is 0.759. The van der Waals surface area contributed by atoms with E-state index in [4.69, 9.17) is 5.11 Å². The van der Waals surface area contributed by atoms with Crippen molar-refractivity contribution in [3.8, 4) is 0 Å². The predicted octanol–water partition coefficient (Wildman–Crippen LogP) is 0.844. The lowest BCUT2D eigenvalue weighted by Crippen LogP contribution is -2.62. The minimum absolute atomic E-state index is 0.162. The van der Waals surface area contributed by atoms with Crippen LogP contribution in [0.1, 0.15) is 6.92 Å². The van der Waals surface area contributed by atoms with E-state index in [1.807, 2.05) is 0 Å². The summed E-state index contributed by atoms with van der Waals surface area (Å²) >= 11 is 0. The van der Waals surface area contributed by atoms with E-state index in [0.717, 1.165) is 0 Å². The number of hydrogen-bond acceptors (Lipinski definition) is 3. The Kier molecular flexibility index (Phi) is 2.54. The molecule has 1 aliphatic rings. The smallest absolute Gasteiger partial charge is 0.422 e. The lowest BCUT2D eigenvalue weighted by molar-refractivity contribution is -0.224. The summed E-state index contributed by atoms with van der Waals surface area (Å²) in [4.78, 5) is 21.7. The third-order valence-corrected chi connectivity index (χ3v) is 2.27. The molecule has 1 N–H and O–H groups in total. The maximum atomic E-state index is 12.5. The van der Waals surface area contributed by atoms with Gasteiger partial charge in [-0.05, 0) is 6.92 Å². The highest BCUT2D eigenvalue weighted by molar-refractivity contribution is 5.85. The third kappa shape index (κ3) is 1.59. The summed E-state index contributed by atoms with van der Waals surface area (Å²) in [5.41, 5.74) is -3.24. The molecule has 1 saturated heterocycles. The van der Waals surface area contributed by atoms with Gasteiger partial charge in [-0.1, -0.05) is 0 Å². The van der Waals surface area contributed by atoms with Gasteiger partial charge >= 0.3 is 18.2 Å². The topological polar surface area (TPSA) is 66.8 Å². The standard InChI is InChI=1S/C7H8F3NO4/c1-6(4(12)13,7(8,9)10)11-2-3-15-5(11)14/h2-3H2,1H3,(H,12,13). The third-order valence-electron chi connectivity index (χ3n) is 2.27. The van der Waals surface area contributed by atoms with Gasteiger partial charge in [0.2, 0.25) is 5.54 Å². The molecule has 1 fully saturated rings. The Balaban J connectivity index is 3.12. The van der Waals surface area contributed by atoms with Crippen LogP contribution in [0.5, 0.6) is 0 Å². The van der Waals surface area contributed by atoms with Crippen molar-refractivity contribution in [1.82, 2.24) is 4.90 Å². The van der Waals surface area contributed by atoms with Gasteiger partial charge in [0, 0.05) is 0 Å². The molecule has 0 aromatic carbocycles. The highest BCUT2D eigenvalue weighted by atomic mass is 19.4. The summed E-state index contributed by atoms with van der Waals surface area (Å²) in [6.07, 6.45) is -6.32. The van der Waals surface area contributed by atoms with Crippen molar-refractivity contribution in [2.75, 3.05) is 13.2 Å². The first-order valence-electron chi connectivity index (χ1n) is 3.96.